The van der Waals surface area contributed by atoms with Gasteiger partial charge in [0.25, 0.3) is 0 Å². The van der Waals surface area contributed by atoms with Crippen LogP contribution in [0.5, 0.6) is 5.75 Å². The first kappa shape index (κ1) is 17.5. The van der Waals surface area contributed by atoms with Gasteiger partial charge in [0.1, 0.15) is 17.9 Å². The lowest BCUT2D eigenvalue weighted by Gasteiger charge is -2.07. The third-order valence-electron chi connectivity index (χ3n) is 3.83. The van der Waals surface area contributed by atoms with Crippen LogP contribution in [0.1, 0.15) is 11.3 Å². The van der Waals surface area contributed by atoms with Crippen LogP contribution in [0.3, 0.4) is 0 Å². The summed E-state index contributed by atoms with van der Waals surface area (Å²) >= 11 is 0. The number of hydrogen-bond acceptors (Lipinski definition) is 4. The monoisotopic (exact) mass is 351 g/mol. The second kappa shape index (κ2) is 8.20. The van der Waals surface area contributed by atoms with Gasteiger partial charge < -0.3 is 10.1 Å². The van der Waals surface area contributed by atoms with Gasteiger partial charge in [0.2, 0.25) is 5.91 Å². The van der Waals surface area contributed by atoms with E-state index in [1.54, 1.807) is 25.3 Å². The first-order chi connectivity index (χ1) is 12.6. The summed E-state index contributed by atoms with van der Waals surface area (Å²) in [6.45, 7) is 0.291. The molecular weight excluding hydrogens is 333 g/mol. The summed E-state index contributed by atoms with van der Waals surface area (Å²) in [5, 5.41) is 2.84. The molecule has 1 amide bonds. The van der Waals surface area contributed by atoms with Gasteiger partial charge in [-0.05, 0) is 48.0 Å². The standard InChI is InChI=1S/C20H18FN3O2/c1-26-18-4-2-3-14(9-18)10-20(25)22-12-17-11-19(24-13-23-17)15-5-7-16(21)8-6-15/h2-9,11,13H,10,12H2,1H3,(H,22,25). The van der Waals surface area contributed by atoms with E-state index >= 15 is 0 Å². The number of methoxy groups -OCH3 is 1. The first-order valence-electron chi connectivity index (χ1n) is 8.10. The molecule has 1 N–H and O–H groups in total. The van der Waals surface area contributed by atoms with Crippen molar-refractivity contribution >= 4 is 5.91 Å². The van der Waals surface area contributed by atoms with Crippen molar-refractivity contribution in [3.8, 4) is 17.0 Å². The summed E-state index contributed by atoms with van der Waals surface area (Å²) in [4.78, 5) is 20.5. The van der Waals surface area contributed by atoms with E-state index in [0.29, 0.717) is 17.9 Å². The van der Waals surface area contributed by atoms with Gasteiger partial charge in [0.05, 0.1) is 31.5 Å². The molecule has 6 heteroatoms. The van der Waals surface area contributed by atoms with Crippen molar-refractivity contribution in [3.05, 3.63) is 78.0 Å². The normalized spacial score (nSPS) is 10.4. The van der Waals surface area contributed by atoms with Crippen LogP contribution < -0.4 is 10.1 Å². The third-order valence-corrected chi connectivity index (χ3v) is 3.83. The van der Waals surface area contributed by atoms with E-state index in [2.05, 4.69) is 15.3 Å². The lowest BCUT2D eigenvalue weighted by atomic mass is 10.1. The second-order valence-corrected chi connectivity index (χ2v) is 5.71. The van der Waals surface area contributed by atoms with E-state index < -0.39 is 0 Å². The molecule has 0 fully saturated rings. The van der Waals surface area contributed by atoms with Crippen molar-refractivity contribution in [2.75, 3.05) is 7.11 Å². The average Bonchev–Trinajstić information content (AvgIpc) is 2.67. The van der Waals surface area contributed by atoms with E-state index in [1.807, 2.05) is 24.3 Å². The average molecular weight is 351 g/mol. The Balaban J connectivity index is 1.61. The highest BCUT2D eigenvalue weighted by Crippen LogP contribution is 2.17. The summed E-state index contributed by atoms with van der Waals surface area (Å²) in [5.41, 5.74) is 3.02. The third kappa shape index (κ3) is 4.63. The maximum Gasteiger partial charge on any atom is 0.224 e. The molecular formula is C20H18FN3O2. The molecule has 3 aromatic rings. The highest BCUT2D eigenvalue weighted by molar-refractivity contribution is 5.78. The van der Waals surface area contributed by atoms with Crippen molar-refractivity contribution in [3.63, 3.8) is 0 Å². The molecule has 0 aliphatic rings. The molecule has 0 aliphatic heterocycles. The molecule has 26 heavy (non-hydrogen) atoms. The van der Waals surface area contributed by atoms with Crippen LogP contribution >= 0.6 is 0 Å². The molecule has 0 aliphatic carbocycles. The van der Waals surface area contributed by atoms with Crippen molar-refractivity contribution < 1.29 is 13.9 Å². The molecule has 2 aromatic carbocycles. The summed E-state index contributed by atoms with van der Waals surface area (Å²) in [6.07, 6.45) is 1.69. The van der Waals surface area contributed by atoms with Gasteiger partial charge in [-0.25, -0.2) is 14.4 Å². The molecule has 0 atom stereocenters. The van der Waals surface area contributed by atoms with Crippen molar-refractivity contribution in [1.82, 2.24) is 15.3 Å². The molecule has 0 spiro atoms. The van der Waals surface area contributed by atoms with Gasteiger partial charge in [0, 0.05) is 5.56 Å². The van der Waals surface area contributed by atoms with E-state index in [9.17, 15) is 9.18 Å². The van der Waals surface area contributed by atoms with Crippen LogP contribution in [0.25, 0.3) is 11.3 Å². The molecule has 0 saturated carbocycles. The fraction of sp³-hybridized carbons (Fsp3) is 0.150. The summed E-state index contributed by atoms with van der Waals surface area (Å²) in [5.74, 6) is 0.308. The Kier molecular flexibility index (Phi) is 5.53. The quantitative estimate of drug-likeness (QED) is 0.741. The van der Waals surface area contributed by atoms with Gasteiger partial charge in [-0.3, -0.25) is 4.79 Å². The molecule has 0 saturated heterocycles. The molecule has 5 nitrogen and oxygen atoms in total. The molecule has 1 heterocycles. The van der Waals surface area contributed by atoms with Crippen LogP contribution in [0.15, 0.2) is 60.9 Å². The molecule has 0 radical (unpaired) electrons. The van der Waals surface area contributed by atoms with Gasteiger partial charge in [-0.2, -0.15) is 0 Å². The highest BCUT2D eigenvalue weighted by atomic mass is 19.1. The molecule has 0 bridgehead atoms. The topological polar surface area (TPSA) is 64.1 Å². The minimum absolute atomic E-state index is 0.111. The van der Waals surface area contributed by atoms with Crippen LogP contribution in [-0.2, 0) is 17.8 Å². The summed E-state index contributed by atoms with van der Waals surface area (Å²) in [6, 6.07) is 15.2. The Morgan fingerprint density at radius 3 is 2.69 bits per heavy atom. The van der Waals surface area contributed by atoms with Crippen LogP contribution in [0.4, 0.5) is 4.39 Å². The zero-order valence-electron chi connectivity index (χ0n) is 14.3. The Bertz CT molecular complexity index is 898. The predicted molar refractivity (Wildman–Crippen MR) is 96.0 cm³/mol. The fourth-order valence-electron chi connectivity index (χ4n) is 2.49. The van der Waals surface area contributed by atoms with E-state index in [1.165, 1.54) is 18.5 Å². The first-order valence-corrected chi connectivity index (χ1v) is 8.10. The van der Waals surface area contributed by atoms with Crippen molar-refractivity contribution in [2.45, 2.75) is 13.0 Å². The number of benzene rings is 2. The zero-order chi connectivity index (χ0) is 18.4. The van der Waals surface area contributed by atoms with Crippen LogP contribution in [0, 0.1) is 5.82 Å². The van der Waals surface area contributed by atoms with Gasteiger partial charge >= 0.3 is 0 Å². The molecule has 132 valence electrons. The maximum atomic E-state index is 13.0. The lowest BCUT2D eigenvalue weighted by molar-refractivity contribution is -0.120. The molecule has 0 unspecified atom stereocenters. The Labute approximate surface area is 150 Å². The van der Waals surface area contributed by atoms with E-state index in [-0.39, 0.29) is 18.1 Å². The minimum atomic E-state index is -0.298. The second-order valence-electron chi connectivity index (χ2n) is 5.71. The van der Waals surface area contributed by atoms with Gasteiger partial charge in [-0.15, -0.1) is 0 Å². The Hall–Kier alpha value is -3.28. The highest BCUT2D eigenvalue weighted by Gasteiger charge is 2.07. The zero-order valence-corrected chi connectivity index (χ0v) is 14.3. The number of amides is 1. The number of rotatable bonds is 6. The Morgan fingerprint density at radius 1 is 1.12 bits per heavy atom. The number of halogens is 1. The number of hydrogen-bond donors (Lipinski definition) is 1. The van der Waals surface area contributed by atoms with Gasteiger partial charge in [-0.1, -0.05) is 12.1 Å². The number of nitrogens with zero attached hydrogens (tertiary/aromatic N) is 2. The number of nitrogens with one attached hydrogen (secondary N) is 1. The van der Waals surface area contributed by atoms with Crippen molar-refractivity contribution in [1.29, 1.82) is 0 Å². The number of aromatic nitrogens is 2. The Morgan fingerprint density at radius 2 is 1.92 bits per heavy atom. The predicted octanol–water partition coefficient (Wildman–Crippen LogP) is 3.15. The number of carbonyl (C=O) groups excluding carboxylic acids is 1. The fourth-order valence-corrected chi connectivity index (χ4v) is 2.49. The van der Waals surface area contributed by atoms with E-state index in [0.717, 1.165) is 16.9 Å². The largest absolute Gasteiger partial charge is 0.497 e. The molecule has 3 rings (SSSR count). The smallest absolute Gasteiger partial charge is 0.224 e. The van der Waals surface area contributed by atoms with Crippen LogP contribution in [0.2, 0.25) is 0 Å². The number of ether oxygens (including phenoxy) is 1. The van der Waals surface area contributed by atoms with Gasteiger partial charge in [0.15, 0.2) is 0 Å². The maximum absolute atomic E-state index is 13.0. The minimum Gasteiger partial charge on any atom is -0.497 e. The van der Waals surface area contributed by atoms with Crippen LogP contribution in [-0.4, -0.2) is 23.0 Å². The summed E-state index contributed by atoms with van der Waals surface area (Å²) < 4.78 is 18.2. The van der Waals surface area contributed by atoms with E-state index in [4.69, 9.17) is 4.74 Å². The van der Waals surface area contributed by atoms with Crippen molar-refractivity contribution in [2.24, 2.45) is 0 Å². The lowest BCUT2D eigenvalue weighted by Crippen LogP contribution is -2.25. The SMILES string of the molecule is COc1cccc(CC(=O)NCc2cc(-c3ccc(F)cc3)ncn2)c1. The number of carbonyl (C=O) groups is 1. The summed E-state index contributed by atoms with van der Waals surface area (Å²) in [7, 11) is 1.59. The molecule has 1 aromatic heterocycles.